The predicted molar refractivity (Wildman–Crippen MR) is 57.6 cm³/mol. The van der Waals surface area contributed by atoms with Gasteiger partial charge in [0.05, 0.1) is 0 Å². The zero-order chi connectivity index (χ0) is 11.4. The molecule has 1 aromatic rings. The number of carboxylic acids is 2. The molecule has 15 heavy (non-hydrogen) atoms. The van der Waals surface area contributed by atoms with Crippen molar-refractivity contribution in [3.8, 4) is 0 Å². The molecular formula is C10H8O4S. The van der Waals surface area contributed by atoms with Crippen LogP contribution in [-0.4, -0.2) is 22.2 Å². The van der Waals surface area contributed by atoms with E-state index in [1.807, 2.05) is 0 Å². The summed E-state index contributed by atoms with van der Waals surface area (Å²) in [6.07, 6.45) is 0. The SMILES string of the molecule is O=C(O)C(C(=O)O)=C(S)c1ccccc1. The molecule has 78 valence electrons. The third-order valence-corrected chi connectivity index (χ3v) is 2.19. The summed E-state index contributed by atoms with van der Waals surface area (Å²) in [4.78, 5) is 21.3. The lowest BCUT2D eigenvalue weighted by Gasteiger charge is -2.03. The van der Waals surface area contributed by atoms with Gasteiger partial charge in [0.15, 0.2) is 5.57 Å². The van der Waals surface area contributed by atoms with Crippen molar-refractivity contribution in [1.29, 1.82) is 0 Å². The van der Waals surface area contributed by atoms with Crippen LogP contribution in [0.5, 0.6) is 0 Å². The Morgan fingerprint density at radius 2 is 1.47 bits per heavy atom. The number of rotatable bonds is 3. The van der Waals surface area contributed by atoms with Gasteiger partial charge in [0.2, 0.25) is 0 Å². The Balaban J connectivity index is 3.29. The van der Waals surface area contributed by atoms with Crippen molar-refractivity contribution in [2.45, 2.75) is 0 Å². The third-order valence-electron chi connectivity index (χ3n) is 1.71. The third kappa shape index (κ3) is 2.60. The molecule has 0 heterocycles. The van der Waals surface area contributed by atoms with E-state index < -0.39 is 17.5 Å². The first-order chi connectivity index (χ1) is 7.04. The standard InChI is InChI=1S/C10H8O4S/c11-9(12)7(10(13)14)8(15)6-4-2-1-3-5-6/h1-5,15H,(H,11,12)(H,13,14). The minimum atomic E-state index is -1.50. The van der Waals surface area contributed by atoms with Gasteiger partial charge < -0.3 is 10.2 Å². The monoisotopic (exact) mass is 224 g/mol. The zero-order valence-electron chi connectivity index (χ0n) is 7.54. The van der Waals surface area contributed by atoms with Crippen LogP contribution < -0.4 is 0 Å². The summed E-state index contributed by atoms with van der Waals surface area (Å²) in [6.45, 7) is 0. The second kappa shape index (κ2) is 4.65. The highest BCUT2D eigenvalue weighted by atomic mass is 32.1. The molecule has 0 aliphatic carbocycles. The maximum Gasteiger partial charge on any atom is 0.344 e. The fraction of sp³-hybridized carbons (Fsp3) is 0. The Bertz CT molecular complexity index is 406. The van der Waals surface area contributed by atoms with Crippen molar-refractivity contribution in [2.75, 3.05) is 0 Å². The molecule has 0 aromatic heterocycles. The Morgan fingerprint density at radius 1 is 1.00 bits per heavy atom. The number of carboxylic acid groups (broad SMARTS) is 2. The zero-order valence-corrected chi connectivity index (χ0v) is 8.44. The minimum absolute atomic E-state index is 0.0596. The van der Waals surface area contributed by atoms with Crippen molar-refractivity contribution in [3.63, 3.8) is 0 Å². The van der Waals surface area contributed by atoms with Gasteiger partial charge in [-0.3, -0.25) is 0 Å². The van der Waals surface area contributed by atoms with Crippen LogP contribution in [-0.2, 0) is 9.59 Å². The molecule has 0 fully saturated rings. The van der Waals surface area contributed by atoms with Crippen LogP contribution >= 0.6 is 12.6 Å². The van der Waals surface area contributed by atoms with Gasteiger partial charge in [-0.05, 0) is 5.56 Å². The van der Waals surface area contributed by atoms with Crippen LogP contribution in [0.15, 0.2) is 35.9 Å². The van der Waals surface area contributed by atoms with Gasteiger partial charge in [0.25, 0.3) is 0 Å². The summed E-state index contributed by atoms with van der Waals surface area (Å²) in [5, 5.41) is 17.4. The number of hydrogen-bond acceptors (Lipinski definition) is 3. The average molecular weight is 224 g/mol. The molecule has 0 aliphatic rings. The van der Waals surface area contributed by atoms with E-state index in [1.54, 1.807) is 30.3 Å². The molecule has 0 bridgehead atoms. The van der Waals surface area contributed by atoms with E-state index in [2.05, 4.69) is 12.6 Å². The van der Waals surface area contributed by atoms with Crippen LogP contribution in [0.2, 0.25) is 0 Å². The summed E-state index contributed by atoms with van der Waals surface area (Å²) >= 11 is 3.91. The lowest BCUT2D eigenvalue weighted by atomic mass is 10.1. The van der Waals surface area contributed by atoms with Crippen LogP contribution in [0, 0.1) is 0 Å². The normalized spacial score (nSPS) is 9.40. The van der Waals surface area contributed by atoms with Crippen molar-refractivity contribution in [2.24, 2.45) is 0 Å². The second-order valence-electron chi connectivity index (χ2n) is 2.70. The predicted octanol–water partition coefficient (Wildman–Crippen LogP) is 1.50. The second-order valence-corrected chi connectivity index (χ2v) is 3.15. The number of benzene rings is 1. The molecule has 5 heteroatoms. The summed E-state index contributed by atoms with van der Waals surface area (Å²) in [7, 11) is 0. The molecule has 4 nitrogen and oxygen atoms in total. The molecular weight excluding hydrogens is 216 g/mol. The van der Waals surface area contributed by atoms with E-state index in [1.165, 1.54) is 0 Å². The Kier molecular flexibility index (Phi) is 3.51. The highest BCUT2D eigenvalue weighted by Gasteiger charge is 2.20. The molecule has 2 N–H and O–H groups in total. The molecule has 0 spiro atoms. The molecule has 1 rings (SSSR count). The van der Waals surface area contributed by atoms with Crippen molar-refractivity contribution in [3.05, 3.63) is 41.5 Å². The fourth-order valence-electron chi connectivity index (χ4n) is 1.03. The molecule has 0 unspecified atom stereocenters. The van der Waals surface area contributed by atoms with Crippen LogP contribution in [0.1, 0.15) is 5.56 Å². The van der Waals surface area contributed by atoms with Crippen LogP contribution in [0.25, 0.3) is 4.91 Å². The number of thiol groups is 1. The Labute approximate surface area is 91.3 Å². The van der Waals surface area contributed by atoms with Gasteiger partial charge in [0, 0.05) is 4.91 Å². The highest BCUT2D eigenvalue weighted by Crippen LogP contribution is 2.22. The maximum absolute atomic E-state index is 10.7. The topological polar surface area (TPSA) is 74.6 Å². The molecule has 0 radical (unpaired) electrons. The summed E-state index contributed by atoms with van der Waals surface area (Å²) < 4.78 is 0. The highest BCUT2D eigenvalue weighted by molar-refractivity contribution is 7.90. The largest absolute Gasteiger partial charge is 0.477 e. The molecule has 0 saturated heterocycles. The van der Waals surface area contributed by atoms with E-state index in [0.29, 0.717) is 5.56 Å². The van der Waals surface area contributed by atoms with E-state index in [0.717, 1.165) is 0 Å². The van der Waals surface area contributed by atoms with E-state index in [9.17, 15) is 9.59 Å². The van der Waals surface area contributed by atoms with Gasteiger partial charge in [-0.15, -0.1) is 12.6 Å². The van der Waals surface area contributed by atoms with Crippen LogP contribution in [0.4, 0.5) is 0 Å². The number of hydrogen-bond donors (Lipinski definition) is 3. The molecule has 0 aliphatic heterocycles. The molecule has 0 atom stereocenters. The first kappa shape index (κ1) is 11.3. The van der Waals surface area contributed by atoms with Crippen molar-refractivity contribution >= 4 is 29.5 Å². The Morgan fingerprint density at radius 3 is 1.87 bits per heavy atom. The van der Waals surface area contributed by atoms with Gasteiger partial charge >= 0.3 is 11.9 Å². The summed E-state index contributed by atoms with van der Waals surface area (Å²) in [5.41, 5.74) is -0.273. The van der Waals surface area contributed by atoms with Gasteiger partial charge in [-0.1, -0.05) is 30.3 Å². The first-order valence-electron chi connectivity index (χ1n) is 3.99. The van der Waals surface area contributed by atoms with Gasteiger partial charge in [-0.25, -0.2) is 9.59 Å². The number of aliphatic carboxylic acids is 2. The Hall–Kier alpha value is -1.75. The maximum atomic E-state index is 10.7. The fourth-order valence-corrected chi connectivity index (χ4v) is 1.37. The van der Waals surface area contributed by atoms with E-state index in [4.69, 9.17) is 10.2 Å². The van der Waals surface area contributed by atoms with E-state index >= 15 is 0 Å². The van der Waals surface area contributed by atoms with Crippen molar-refractivity contribution < 1.29 is 19.8 Å². The molecule has 0 saturated carbocycles. The number of carbonyl (C=O) groups is 2. The summed E-state index contributed by atoms with van der Waals surface area (Å²) in [6, 6.07) is 8.27. The average Bonchev–Trinajstić information content (AvgIpc) is 2.18. The van der Waals surface area contributed by atoms with E-state index in [-0.39, 0.29) is 4.91 Å². The lowest BCUT2D eigenvalue weighted by Crippen LogP contribution is -2.12. The van der Waals surface area contributed by atoms with Gasteiger partial charge in [0.1, 0.15) is 0 Å². The minimum Gasteiger partial charge on any atom is -0.477 e. The first-order valence-corrected chi connectivity index (χ1v) is 4.44. The lowest BCUT2D eigenvalue weighted by molar-refractivity contribution is -0.140. The van der Waals surface area contributed by atoms with Crippen LogP contribution in [0.3, 0.4) is 0 Å². The summed E-state index contributed by atoms with van der Waals surface area (Å²) in [5.74, 6) is -3.01. The van der Waals surface area contributed by atoms with Crippen molar-refractivity contribution in [1.82, 2.24) is 0 Å². The quantitative estimate of drug-likeness (QED) is 0.315. The molecule has 1 aromatic carbocycles. The van der Waals surface area contributed by atoms with Gasteiger partial charge in [-0.2, -0.15) is 0 Å². The molecule has 0 amide bonds. The smallest absolute Gasteiger partial charge is 0.344 e.